The van der Waals surface area contributed by atoms with Crippen LogP contribution in [0.25, 0.3) is 17.0 Å². The molecule has 1 aromatic heterocycles. The van der Waals surface area contributed by atoms with Crippen LogP contribution >= 0.6 is 0 Å². The van der Waals surface area contributed by atoms with Gasteiger partial charge in [-0.1, -0.05) is 18.2 Å². The Kier molecular flexibility index (Phi) is 3.57. The zero-order valence-electron chi connectivity index (χ0n) is 10.1. The number of carbonyl (C=O) groups is 2. The third kappa shape index (κ3) is 2.66. The van der Waals surface area contributed by atoms with Crippen molar-refractivity contribution in [1.29, 1.82) is 0 Å². The highest BCUT2D eigenvalue weighted by Crippen LogP contribution is 2.19. The number of fused-ring (bicyclic) bond motifs is 1. The van der Waals surface area contributed by atoms with Crippen LogP contribution in [0.2, 0.25) is 0 Å². The maximum Gasteiger partial charge on any atom is 0.217 e. The quantitative estimate of drug-likeness (QED) is 0.807. The third-order valence-corrected chi connectivity index (χ3v) is 2.64. The van der Waals surface area contributed by atoms with Crippen LogP contribution in [0.15, 0.2) is 30.5 Å². The second kappa shape index (κ2) is 5.31. The number of rotatable bonds is 4. The lowest BCUT2D eigenvalue weighted by molar-refractivity contribution is -0.118. The van der Waals surface area contributed by atoms with Crippen LogP contribution in [-0.4, -0.2) is 23.7 Å². The maximum atomic E-state index is 10.8. The van der Waals surface area contributed by atoms with Crippen molar-refractivity contribution in [2.75, 3.05) is 6.54 Å². The highest BCUT2D eigenvalue weighted by Gasteiger charge is 2.02. The van der Waals surface area contributed by atoms with E-state index >= 15 is 0 Å². The Hall–Kier alpha value is -2.36. The average molecular weight is 242 g/mol. The first-order valence-corrected chi connectivity index (χ1v) is 5.68. The number of benzene rings is 1. The van der Waals surface area contributed by atoms with Crippen LogP contribution in [0.4, 0.5) is 0 Å². The van der Waals surface area contributed by atoms with Crippen molar-refractivity contribution in [2.45, 2.75) is 6.92 Å². The minimum absolute atomic E-state index is 0.0519. The number of amides is 1. The Balaban J connectivity index is 2.18. The predicted octanol–water partition coefficient (Wildman–Crippen LogP) is 2.13. The lowest BCUT2D eigenvalue weighted by Gasteiger charge is -1.97. The van der Waals surface area contributed by atoms with Crippen molar-refractivity contribution in [3.8, 4) is 0 Å². The van der Waals surface area contributed by atoms with Gasteiger partial charge in [0.05, 0.1) is 0 Å². The molecule has 0 unspecified atom stereocenters. The number of aromatic amines is 1. The van der Waals surface area contributed by atoms with E-state index in [0.29, 0.717) is 12.1 Å². The summed E-state index contributed by atoms with van der Waals surface area (Å²) in [5.41, 5.74) is 2.59. The fraction of sp³-hybridized carbons (Fsp3) is 0.143. The van der Waals surface area contributed by atoms with Crippen molar-refractivity contribution < 1.29 is 9.59 Å². The van der Waals surface area contributed by atoms with E-state index in [1.165, 1.54) is 6.92 Å². The molecule has 92 valence electrons. The molecule has 0 spiro atoms. The van der Waals surface area contributed by atoms with Gasteiger partial charge in [0.25, 0.3) is 0 Å². The Morgan fingerprint density at radius 2 is 2.28 bits per heavy atom. The predicted molar refractivity (Wildman–Crippen MR) is 71.4 cm³/mol. The second-order valence-corrected chi connectivity index (χ2v) is 4.01. The van der Waals surface area contributed by atoms with Crippen molar-refractivity contribution >= 4 is 29.2 Å². The van der Waals surface area contributed by atoms with Gasteiger partial charge in [0.15, 0.2) is 6.29 Å². The summed E-state index contributed by atoms with van der Waals surface area (Å²) in [6.07, 6.45) is 6.32. The topological polar surface area (TPSA) is 62.0 Å². The third-order valence-electron chi connectivity index (χ3n) is 2.64. The smallest absolute Gasteiger partial charge is 0.217 e. The Bertz CT molecular complexity index is 611. The Morgan fingerprint density at radius 1 is 1.44 bits per heavy atom. The molecule has 0 radical (unpaired) electrons. The fourth-order valence-corrected chi connectivity index (χ4v) is 1.76. The van der Waals surface area contributed by atoms with Crippen molar-refractivity contribution in [3.63, 3.8) is 0 Å². The molecule has 2 N–H and O–H groups in total. The normalized spacial score (nSPS) is 10.9. The molecule has 0 aliphatic heterocycles. The summed E-state index contributed by atoms with van der Waals surface area (Å²) >= 11 is 0. The number of nitrogens with one attached hydrogen (secondary N) is 2. The molecule has 0 bridgehead atoms. The van der Waals surface area contributed by atoms with Gasteiger partial charge in [-0.25, -0.2) is 0 Å². The van der Waals surface area contributed by atoms with Crippen molar-refractivity contribution in [2.24, 2.45) is 0 Å². The molecule has 4 nitrogen and oxygen atoms in total. The molecule has 0 fully saturated rings. The summed E-state index contributed by atoms with van der Waals surface area (Å²) in [5, 5.41) is 3.59. The van der Waals surface area contributed by atoms with Gasteiger partial charge < -0.3 is 10.3 Å². The first-order chi connectivity index (χ1) is 8.70. The Morgan fingerprint density at radius 3 is 3.00 bits per heavy atom. The second-order valence-electron chi connectivity index (χ2n) is 4.01. The minimum Gasteiger partial charge on any atom is -0.360 e. The SMILES string of the molecule is CC(=O)NCC=Cc1ccc2[nH]cc(C=O)c2c1. The van der Waals surface area contributed by atoms with Gasteiger partial charge in [-0.05, 0) is 17.7 Å². The highest BCUT2D eigenvalue weighted by atomic mass is 16.1. The van der Waals surface area contributed by atoms with E-state index in [4.69, 9.17) is 0 Å². The molecule has 1 amide bonds. The van der Waals surface area contributed by atoms with E-state index in [9.17, 15) is 9.59 Å². The molecule has 1 heterocycles. The first-order valence-electron chi connectivity index (χ1n) is 5.68. The molecule has 4 heteroatoms. The zero-order valence-corrected chi connectivity index (χ0v) is 10.1. The largest absolute Gasteiger partial charge is 0.360 e. The monoisotopic (exact) mass is 242 g/mol. The van der Waals surface area contributed by atoms with Gasteiger partial charge >= 0.3 is 0 Å². The van der Waals surface area contributed by atoms with Gasteiger partial charge in [0.2, 0.25) is 5.91 Å². The lowest BCUT2D eigenvalue weighted by Crippen LogP contribution is -2.19. The highest BCUT2D eigenvalue weighted by molar-refractivity contribution is 5.98. The van der Waals surface area contributed by atoms with Gasteiger partial charge in [-0.15, -0.1) is 0 Å². The average Bonchev–Trinajstić information content (AvgIpc) is 2.76. The van der Waals surface area contributed by atoms with E-state index in [2.05, 4.69) is 10.3 Å². The molecule has 18 heavy (non-hydrogen) atoms. The maximum absolute atomic E-state index is 10.8. The van der Waals surface area contributed by atoms with Gasteiger partial charge in [-0.2, -0.15) is 0 Å². The van der Waals surface area contributed by atoms with Gasteiger partial charge in [-0.3, -0.25) is 9.59 Å². The summed E-state index contributed by atoms with van der Waals surface area (Å²) in [6.45, 7) is 1.98. The van der Waals surface area contributed by atoms with Crippen LogP contribution in [0.1, 0.15) is 22.8 Å². The number of H-pyrrole nitrogens is 1. The van der Waals surface area contributed by atoms with E-state index in [1.807, 2.05) is 30.4 Å². The summed E-state index contributed by atoms with van der Waals surface area (Å²) < 4.78 is 0. The molecule has 1 aromatic carbocycles. The number of hydrogen-bond donors (Lipinski definition) is 2. The Labute approximate surface area is 105 Å². The van der Waals surface area contributed by atoms with E-state index in [-0.39, 0.29) is 5.91 Å². The molecular formula is C14H14N2O2. The van der Waals surface area contributed by atoms with E-state index in [1.54, 1.807) is 6.20 Å². The van der Waals surface area contributed by atoms with Gasteiger partial charge in [0, 0.05) is 36.1 Å². The summed E-state index contributed by atoms with van der Waals surface area (Å²) in [5.74, 6) is -0.0519. The molecule has 0 saturated carbocycles. The van der Waals surface area contributed by atoms with Crippen LogP contribution in [0, 0.1) is 0 Å². The summed E-state index contributed by atoms with van der Waals surface area (Å²) in [7, 11) is 0. The first kappa shape index (κ1) is 12.1. The number of hydrogen-bond acceptors (Lipinski definition) is 2. The van der Waals surface area contributed by atoms with Crippen LogP contribution < -0.4 is 5.32 Å². The summed E-state index contributed by atoms with van der Waals surface area (Å²) in [6, 6.07) is 5.83. The number of aromatic nitrogens is 1. The standard InChI is InChI=1S/C14H14N2O2/c1-10(18)15-6-2-3-11-4-5-14-13(7-11)12(9-17)8-16-14/h2-5,7-9,16H,6H2,1H3,(H,15,18). The molecule has 0 saturated heterocycles. The van der Waals surface area contributed by atoms with Crippen molar-refractivity contribution in [1.82, 2.24) is 10.3 Å². The minimum atomic E-state index is -0.0519. The van der Waals surface area contributed by atoms with Crippen LogP contribution in [0.5, 0.6) is 0 Å². The van der Waals surface area contributed by atoms with E-state index < -0.39 is 0 Å². The molecule has 0 aliphatic rings. The van der Waals surface area contributed by atoms with Crippen molar-refractivity contribution in [3.05, 3.63) is 41.6 Å². The molecular weight excluding hydrogens is 228 g/mol. The fourth-order valence-electron chi connectivity index (χ4n) is 1.76. The van der Waals surface area contributed by atoms with E-state index in [0.717, 1.165) is 22.8 Å². The molecule has 2 rings (SSSR count). The molecule has 0 aliphatic carbocycles. The van der Waals surface area contributed by atoms with Crippen LogP contribution in [0.3, 0.4) is 0 Å². The number of carbonyl (C=O) groups excluding carboxylic acids is 2. The van der Waals surface area contributed by atoms with Crippen LogP contribution in [-0.2, 0) is 4.79 Å². The lowest BCUT2D eigenvalue weighted by atomic mass is 10.1. The molecule has 2 aromatic rings. The zero-order chi connectivity index (χ0) is 13.0. The van der Waals surface area contributed by atoms with Gasteiger partial charge in [0.1, 0.15) is 0 Å². The number of aldehydes is 1. The summed E-state index contributed by atoms with van der Waals surface area (Å²) in [4.78, 5) is 24.6. The molecule has 0 atom stereocenters.